The number of carbonyl (C=O) groups is 3. The average molecular weight is 307 g/mol. The molecule has 0 N–H and O–H groups in total. The van der Waals surface area contributed by atoms with Gasteiger partial charge < -0.3 is 9.90 Å². The Labute approximate surface area is 126 Å². The molecule has 6 nitrogen and oxygen atoms in total. The Kier molecular flexibility index (Phi) is 4.95. The minimum absolute atomic E-state index is 0.0604. The van der Waals surface area contributed by atoms with Gasteiger partial charge in [-0.3, -0.25) is 14.5 Å². The van der Waals surface area contributed by atoms with E-state index < -0.39 is 11.2 Å². The van der Waals surface area contributed by atoms with E-state index in [1.54, 1.807) is 0 Å². The average Bonchev–Trinajstić information content (AvgIpc) is 2.72. The van der Waals surface area contributed by atoms with Crippen LogP contribution in [-0.4, -0.2) is 39.5 Å². The molecule has 112 valence electrons. The maximum absolute atomic E-state index is 12.2. The molecule has 0 bridgehead atoms. The molecule has 2 amide bonds. The number of likely N-dealkylation sites (tertiary alicyclic amines) is 1. The van der Waals surface area contributed by atoms with E-state index in [0.717, 1.165) is 24.6 Å². The highest BCUT2D eigenvalue weighted by molar-refractivity contribution is 8.00. The molecule has 1 aromatic rings. The quantitative estimate of drug-likeness (QED) is 0.709. The molecule has 2 heterocycles. The lowest BCUT2D eigenvalue weighted by Crippen LogP contribution is -2.32. The summed E-state index contributed by atoms with van der Waals surface area (Å²) in [5, 5.41) is 10.6. The Hall–Kier alpha value is -1.89. The van der Waals surface area contributed by atoms with E-state index in [1.807, 2.05) is 6.92 Å². The number of carboxylic acids is 1. The first kappa shape index (κ1) is 15.5. The van der Waals surface area contributed by atoms with E-state index in [-0.39, 0.29) is 28.8 Å². The maximum atomic E-state index is 12.2. The highest BCUT2D eigenvalue weighted by Crippen LogP contribution is 2.32. The molecule has 0 aromatic carbocycles. The van der Waals surface area contributed by atoms with Crippen LogP contribution < -0.4 is 5.11 Å². The highest BCUT2D eigenvalue weighted by Gasteiger charge is 2.39. The van der Waals surface area contributed by atoms with E-state index in [2.05, 4.69) is 4.98 Å². The van der Waals surface area contributed by atoms with Crippen LogP contribution in [0.25, 0.3) is 0 Å². The number of amides is 2. The minimum atomic E-state index is -1.34. The van der Waals surface area contributed by atoms with E-state index in [1.165, 1.54) is 23.2 Å². The summed E-state index contributed by atoms with van der Waals surface area (Å²) < 4.78 is 0. The number of hydrogen-bond acceptors (Lipinski definition) is 6. The van der Waals surface area contributed by atoms with Crippen molar-refractivity contribution < 1.29 is 19.5 Å². The standard InChI is InChI=1S/C14H16N2O4S/c1-2-3-7-16-11(17)8-10(13(16)18)21-12-9(14(19)20)5-4-6-15-12/h4-6,10H,2-3,7-8H2,1H3,(H,19,20)/p-1. The largest absolute Gasteiger partial charge is 0.545 e. The molecule has 7 heteroatoms. The van der Waals surface area contributed by atoms with Crippen molar-refractivity contribution >= 4 is 29.5 Å². The fraction of sp³-hybridized carbons (Fsp3) is 0.429. The lowest BCUT2D eigenvalue weighted by molar-refractivity contribution is -0.255. The number of thioether (sulfide) groups is 1. The monoisotopic (exact) mass is 307 g/mol. The van der Waals surface area contributed by atoms with Crippen LogP contribution in [0, 0.1) is 0 Å². The summed E-state index contributed by atoms with van der Waals surface area (Å²) in [5.41, 5.74) is -0.0604. The van der Waals surface area contributed by atoms with Gasteiger partial charge in [-0.05, 0) is 18.6 Å². The zero-order chi connectivity index (χ0) is 15.4. The normalized spacial score (nSPS) is 18.3. The van der Waals surface area contributed by atoms with Crippen molar-refractivity contribution in [3.63, 3.8) is 0 Å². The van der Waals surface area contributed by atoms with Crippen LogP contribution in [0.4, 0.5) is 0 Å². The second-order valence-electron chi connectivity index (χ2n) is 4.69. The summed E-state index contributed by atoms with van der Waals surface area (Å²) in [4.78, 5) is 40.3. The summed E-state index contributed by atoms with van der Waals surface area (Å²) in [7, 11) is 0. The summed E-state index contributed by atoms with van der Waals surface area (Å²) in [6.07, 6.45) is 3.19. The summed E-state index contributed by atoms with van der Waals surface area (Å²) >= 11 is 1.01. The van der Waals surface area contributed by atoms with Gasteiger partial charge in [-0.2, -0.15) is 0 Å². The number of aromatic nitrogens is 1. The van der Waals surface area contributed by atoms with Crippen molar-refractivity contribution in [1.82, 2.24) is 9.88 Å². The van der Waals surface area contributed by atoms with Gasteiger partial charge in [0.1, 0.15) is 5.03 Å². The molecule has 0 aliphatic carbocycles. The molecule has 1 aliphatic heterocycles. The van der Waals surface area contributed by atoms with Gasteiger partial charge >= 0.3 is 0 Å². The number of carbonyl (C=O) groups excluding carboxylic acids is 3. The molecule has 21 heavy (non-hydrogen) atoms. The third-order valence-corrected chi connectivity index (χ3v) is 4.38. The Morgan fingerprint density at radius 2 is 2.29 bits per heavy atom. The topological polar surface area (TPSA) is 90.4 Å². The van der Waals surface area contributed by atoms with Crippen molar-refractivity contribution in [1.29, 1.82) is 0 Å². The number of nitrogens with zero attached hydrogens (tertiary/aromatic N) is 2. The third kappa shape index (κ3) is 3.41. The van der Waals surface area contributed by atoms with Gasteiger partial charge in [0.25, 0.3) is 0 Å². The zero-order valence-electron chi connectivity index (χ0n) is 11.6. The van der Waals surface area contributed by atoms with Crippen LogP contribution in [0.2, 0.25) is 0 Å². The van der Waals surface area contributed by atoms with Crippen molar-refractivity contribution in [2.45, 2.75) is 36.5 Å². The van der Waals surface area contributed by atoms with Gasteiger partial charge in [-0.25, -0.2) is 4.98 Å². The molecule has 1 saturated heterocycles. The maximum Gasteiger partial charge on any atom is 0.243 e. The van der Waals surface area contributed by atoms with Crippen molar-refractivity contribution in [3.05, 3.63) is 23.9 Å². The fourth-order valence-corrected chi connectivity index (χ4v) is 3.19. The number of hydrogen-bond donors (Lipinski definition) is 0. The van der Waals surface area contributed by atoms with Crippen LogP contribution >= 0.6 is 11.8 Å². The number of aromatic carboxylic acids is 1. The molecular weight excluding hydrogens is 292 g/mol. The summed E-state index contributed by atoms with van der Waals surface area (Å²) in [6, 6.07) is 2.87. The van der Waals surface area contributed by atoms with E-state index in [0.29, 0.717) is 6.54 Å². The van der Waals surface area contributed by atoms with E-state index in [4.69, 9.17) is 0 Å². The van der Waals surface area contributed by atoms with Crippen LogP contribution in [0.15, 0.2) is 23.4 Å². The van der Waals surface area contributed by atoms with Crippen molar-refractivity contribution in [3.8, 4) is 0 Å². The third-order valence-electron chi connectivity index (χ3n) is 3.18. The second kappa shape index (κ2) is 6.71. The van der Waals surface area contributed by atoms with Gasteiger partial charge in [-0.15, -0.1) is 0 Å². The molecule has 0 spiro atoms. The Bertz CT molecular complexity index is 576. The Morgan fingerprint density at radius 1 is 1.52 bits per heavy atom. The lowest BCUT2D eigenvalue weighted by Gasteiger charge is -2.14. The number of imide groups is 1. The predicted octanol–water partition coefficient (Wildman–Crippen LogP) is 0.465. The number of pyridine rings is 1. The van der Waals surface area contributed by atoms with Crippen molar-refractivity contribution in [2.75, 3.05) is 6.54 Å². The van der Waals surface area contributed by atoms with Crippen LogP contribution in [0.1, 0.15) is 36.5 Å². The van der Waals surface area contributed by atoms with Crippen LogP contribution in [0.5, 0.6) is 0 Å². The van der Waals surface area contributed by atoms with Gasteiger partial charge in [0.05, 0.1) is 11.2 Å². The smallest absolute Gasteiger partial charge is 0.243 e. The minimum Gasteiger partial charge on any atom is -0.545 e. The highest BCUT2D eigenvalue weighted by atomic mass is 32.2. The summed E-state index contributed by atoms with van der Waals surface area (Å²) in [5.74, 6) is -1.82. The first-order valence-corrected chi connectivity index (χ1v) is 7.59. The van der Waals surface area contributed by atoms with Gasteiger partial charge in [0.15, 0.2) is 0 Å². The van der Waals surface area contributed by atoms with Crippen LogP contribution in [0.3, 0.4) is 0 Å². The molecule has 2 rings (SSSR count). The fourth-order valence-electron chi connectivity index (χ4n) is 2.07. The first-order valence-electron chi connectivity index (χ1n) is 6.71. The number of rotatable bonds is 6. The van der Waals surface area contributed by atoms with Gasteiger partial charge in [0, 0.05) is 24.7 Å². The molecule has 0 radical (unpaired) electrons. The molecule has 0 saturated carbocycles. The molecule has 1 aromatic heterocycles. The zero-order valence-corrected chi connectivity index (χ0v) is 12.4. The number of unbranched alkanes of at least 4 members (excludes halogenated alkanes) is 1. The Balaban J connectivity index is 2.13. The van der Waals surface area contributed by atoms with Gasteiger partial charge in [0.2, 0.25) is 11.8 Å². The molecule has 1 atom stereocenters. The first-order chi connectivity index (χ1) is 10.0. The molecular formula is C14H15N2O4S-. The molecule has 1 fully saturated rings. The van der Waals surface area contributed by atoms with E-state index in [9.17, 15) is 19.5 Å². The van der Waals surface area contributed by atoms with E-state index >= 15 is 0 Å². The predicted molar refractivity (Wildman–Crippen MR) is 74.5 cm³/mol. The lowest BCUT2D eigenvalue weighted by atomic mass is 10.3. The molecule has 1 aliphatic rings. The SMILES string of the molecule is CCCCN1C(=O)CC(Sc2ncccc2C(=O)[O-])C1=O. The number of carboxylic acid groups (broad SMARTS) is 1. The summed E-state index contributed by atoms with van der Waals surface area (Å²) in [6.45, 7) is 2.40. The van der Waals surface area contributed by atoms with Crippen molar-refractivity contribution in [2.24, 2.45) is 0 Å². The van der Waals surface area contributed by atoms with Gasteiger partial charge in [-0.1, -0.05) is 25.1 Å². The second-order valence-corrected chi connectivity index (χ2v) is 5.88. The van der Waals surface area contributed by atoms with Crippen LogP contribution in [-0.2, 0) is 9.59 Å². The molecule has 1 unspecified atom stereocenters. The Morgan fingerprint density at radius 3 is 2.95 bits per heavy atom.